The molecule has 0 fully saturated rings. The molecule has 0 radical (unpaired) electrons. The molecule has 0 spiro atoms. The summed E-state index contributed by atoms with van der Waals surface area (Å²) in [6, 6.07) is 10.1. The van der Waals surface area contributed by atoms with E-state index in [1.54, 1.807) is 12.1 Å². The first kappa shape index (κ1) is 23.3. The van der Waals surface area contributed by atoms with Gasteiger partial charge in [0.15, 0.2) is 0 Å². The monoisotopic (exact) mass is 468 g/mol. The number of carbonyl (C=O) groups is 1. The van der Waals surface area contributed by atoms with Gasteiger partial charge in [-0.05, 0) is 55.3 Å². The quantitative estimate of drug-likeness (QED) is 0.318. The second-order valence-corrected chi connectivity index (χ2v) is 8.93. The van der Waals surface area contributed by atoms with Gasteiger partial charge in [0, 0.05) is 53.0 Å². The lowest BCUT2D eigenvalue weighted by Gasteiger charge is -2.38. The number of hydrogen-bond acceptors (Lipinski definition) is 5. The fourth-order valence-electron chi connectivity index (χ4n) is 4.90. The smallest absolute Gasteiger partial charge is 0.269 e. The fourth-order valence-corrected chi connectivity index (χ4v) is 5.13. The highest BCUT2D eigenvalue weighted by Gasteiger charge is 2.39. The van der Waals surface area contributed by atoms with Gasteiger partial charge in [-0.25, -0.2) is 0 Å². The molecule has 1 aliphatic carbocycles. The molecule has 3 atom stereocenters. The van der Waals surface area contributed by atoms with E-state index in [2.05, 4.69) is 41.5 Å². The average Bonchev–Trinajstić information content (AvgIpc) is 3.31. The Morgan fingerprint density at radius 2 is 2.00 bits per heavy atom. The second kappa shape index (κ2) is 9.93. The van der Waals surface area contributed by atoms with Crippen LogP contribution in [0.3, 0.4) is 0 Å². The van der Waals surface area contributed by atoms with Crippen LogP contribution in [0.2, 0.25) is 5.02 Å². The Morgan fingerprint density at radius 3 is 2.73 bits per heavy atom. The summed E-state index contributed by atoms with van der Waals surface area (Å²) in [4.78, 5) is 25.9. The molecular weight excluding hydrogens is 440 g/mol. The third-order valence-electron chi connectivity index (χ3n) is 6.76. The lowest BCUT2D eigenvalue weighted by atomic mass is 9.76. The molecule has 1 heterocycles. The zero-order valence-corrected chi connectivity index (χ0v) is 19.6. The highest BCUT2D eigenvalue weighted by molar-refractivity contribution is 6.31. The highest BCUT2D eigenvalue weighted by atomic mass is 35.5. The van der Waals surface area contributed by atoms with E-state index in [4.69, 9.17) is 11.6 Å². The van der Waals surface area contributed by atoms with Crippen LogP contribution in [0.25, 0.3) is 0 Å². The van der Waals surface area contributed by atoms with Crippen molar-refractivity contribution in [3.05, 3.63) is 80.4 Å². The number of carbonyl (C=O) groups excluding carboxylic acids is 1. The van der Waals surface area contributed by atoms with Crippen LogP contribution in [0.1, 0.15) is 53.7 Å². The van der Waals surface area contributed by atoms with Crippen LogP contribution in [0.4, 0.5) is 11.4 Å². The largest absolute Gasteiger partial charge is 0.378 e. The van der Waals surface area contributed by atoms with Crippen molar-refractivity contribution in [2.45, 2.75) is 32.2 Å². The van der Waals surface area contributed by atoms with Gasteiger partial charge < -0.3 is 15.5 Å². The van der Waals surface area contributed by atoms with E-state index in [9.17, 15) is 14.9 Å². The Bertz CT molecular complexity index is 1080. The molecule has 0 saturated heterocycles. The van der Waals surface area contributed by atoms with Crippen molar-refractivity contribution in [3.63, 3.8) is 0 Å². The number of anilines is 1. The molecule has 3 unspecified atom stereocenters. The van der Waals surface area contributed by atoms with Crippen molar-refractivity contribution in [2.75, 3.05) is 31.5 Å². The van der Waals surface area contributed by atoms with Crippen molar-refractivity contribution in [1.29, 1.82) is 0 Å². The highest BCUT2D eigenvalue weighted by Crippen LogP contribution is 2.51. The van der Waals surface area contributed by atoms with Crippen LogP contribution in [0.5, 0.6) is 0 Å². The topological polar surface area (TPSA) is 87.5 Å². The molecule has 4 rings (SSSR count). The maximum absolute atomic E-state index is 12.8. The van der Waals surface area contributed by atoms with Crippen LogP contribution >= 0.6 is 11.6 Å². The normalized spacial score (nSPS) is 20.8. The van der Waals surface area contributed by atoms with E-state index in [0.29, 0.717) is 17.1 Å². The first-order chi connectivity index (χ1) is 15.9. The Morgan fingerprint density at radius 1 is 1.21 bits per heavy atom. The third kappa shape index (κ3) is 4.75. The van der Waals surface area contributed by atoms with Gasteiger partial charge in [-0.2, -0.15) is 0 Å². The van der Waals surface area contributed by atoms with Gasteiger partial charge in [0.1, 0.15) is 0 Å². The van der Waals surface area contributed by atoms with E-state index in [1.807, 2.05) is 18.2 Å². The van der Waals surface area contributed by atoms with Crippen LogP contribution < -0.4 is 10.6 Å². The zero-order valence-electron chi connectivity index (χ0n) is 18.9. The molecule has 2 N–H and O–H groups in total. The SMILES string of the molecule is CCN(CC)CCNC(=O)c1ccc2c(c1)C1C=CCC1C(c1cc([N+](=O)[O-])ccc1Cl)N2. The molecule has 0 bridgehead atoms. The number of amides is 1. The second-order valence-electron chi connectivity index (χ2n) is 8.52. The number of nitro groups is 1. The predicted octanol–water partition coefficient (Wildman–Crippen LogP) is 5.15. The van der Waals surface area contributed by atoms with Gasteiger partial charge in [0.2, 0.25) is 0 Å². The molecule has 0 aromatic heterocycles. The molecular formula is C25H29ClN4O3. The molecule has 33 heavy (non-hydrogen) atoms. The molecule has 1 amide bonds. The number of allylic oxidation sites excluding steroid dienone is 2. The summed E-state index contributed by atoms with van der Waals surface area (Å²) in [6.45, 7) is 7.58. The summed E-state index contributed by atoms with van der Waals surface area (Å²) in [5.41, 5.74) is 3.40. The minimum atomic E-state index is -0.397. The predicted molar refractivity (Wildman–Crippen MR) is 131 cm³/mol. The number of nitrogens with zero attached hydrogens (tertiary/aromatic N) is 2. The number of hydrogen-bond donors (Lipinski definition) is 2. The number of benzene rings is 2. The van der Waals surface area contributed by atoms with Gasteiger partial charge in [-0.15, -0.1) is 0 Å². The third-order valence-corrected chi connectivity index (χ3v) is 7.10. The van der Waals surface area contributed by atoms with Crippen LogP contribution in [-0.4, -0.2) is 41.9 Å². The Balaban J connectivity index is 1.57. The number of nitro benzene ring substituents is 1. The molecule has 174 valence electrons. The maximum atomic E-state index is 12.8. The van der Waals surface area contributed by atoms with Gasteiger partial charge in [-0.1, -0.05) is 37.6 Å². The Hall–Kier alpha value is -2.90. The van der Waals surface area contributed by atoms with Crippen LogP contribution in [0, 0.1) is 16.0 Å². The summed E-state index contributed by atoms with van der Waals surface area (Å²) < 4.78 is 0. The fraction of sp³-hybridized carbons (Fsp3) is 0.400. The average molecular weight is 469 g/mol. The van der Waals surface area contributed by atoms with Crippen LogP contribution in [-0.2, 0) is 0 Å². The van der Waals surface area contributed by atoms with Crippen molar-refractivity contribution in [1.82, 2.24) is 10.2 Å². The van der Waals surface area contributed by atoms with Gasteiger partial charge in [0.25, 0.3) is 11.6 Å². The van der Waals surface area contributed by atoms with Crippen molar-refractivity contribution in [2.24, 2.45) is 5.92 Å². The van der Waals surface area contributed by atoms with Gasteiger partial charge in [-0.3, -0.25) is 14.9 Å². The molecule has 2 aromatic carbocycles. The number of halogens is 1. The Kier molecular flexibility index (Phi) is 7.00. The summed E-state index contributed by atoms with van der Waals surface area (Å²) in [6.07, 6.45) is 5.15. The molecule has 0 saturated carbocycles. The minimum absolute atomic E-state index is 0.0289. The van der Waals surface area contributed by atoms with E-state index >= 15 is 0 Å². The van der Waals surface area contributed by atoms with E-state index < -0.39 is 4.92 Å². The standard InChI is InChI=1S/C25H29ClN4O3/c1-3-29(4-2)13-12-27-25(31)16-8-11-23-20(14-16)18-6-5-7-19(18)24(28-23)21-15-17(30(32)33)9-10-22(21)26/h5-6,8-11,14-15,18-19,24,28H,3-4,7,12-13H2,1-2H3,(H,27,31). The molecule has 7 nitrogen and oxygen atoms in total. The molecule has 2 aromatic rings. The number of fused-ring (bicyclic) bond motifs is 3. The molecule has 8 heteroatoms. The van der Waals surface area contributed by atoms with Crippen LogP contribution in [0.15, 0.2) is 48.6 Å². The Labute approximate surface area is 199 Å². The molecule has 2 aliphatic rings. The summed E-state index contributed by atoms with van der Waals surface area (Å²) in [5.74, 6) is 0.204. The minimum Gasteiger partial charge on any atom is -0.378 e. The van der Waals surface area contributed by atoms with Gasteiger partial charge >= 0.3 is 0 Å². The number of likely N-dealkylation sites (N-methyl/N-ethyl adjacent to an activating group) is 1. The first-order valence-corrected chi connectivity index (χ1v) is 11.8. The van der Waals surface area contributed by atoms with E-state index in [0.717, 1.165) is 42.9 Å². The summed E-state index contributed by atoms with van der Waals surface area (Å²) >= 11 is 6.47. The lowest BCUT2D eigenvalue weighted by molar-refractivity contribution is -0.384. The van der Waals surface area contributed by atoms with Crippen molar-refractivity contribution >= 4 is 28.9 Å². The number of nitrogens with one attached hydrogen (secondary N) is 2. The van der Waals surface area contributed by atoms with E-state index in [-0.39, 0.29) is 29.5 Å². The zero-order chi connectivity index (χ0) is 23.5. The summed E-state index contributed by atoms with van der Waals surface area (Å²) in [7, 11) is 0. The van der Waals surface area contributed by atoms with Crippen molar-refractivity contribution < 1.29 is 9.72 Å². The maximum Gasteiger partial charge on any atom is 0.269 e. The number of rotatable bonds is 8. The van der Waals surface area contributed by atoms with Crippen molar-refractivity contribution in [3.8, 4) is 0 Å². The van der Waals surface area contributed by atoms with Gasteiger partial charge in [0.05, 0.1) is 11.0 Å². The number of non-ortho nitro benzene ring substituents is 1. The first-order valence-electron chi connectivity index (χ1n) is 11.4. The van der Waals surface area contributed by atoms with E-state index in [1.165, 1.54) is 6.07 Å². The summed E-state index contributed by atoms with van der Waals surface area (Å²) in [5, 5.41) is 18.4. The lowest BCUT2D eigenvalue weighted by Crippen LogP contribution is -2.35. The molecule has 1 aliphatic heterocycles.